The topological polar surface area (TPSA) is 110 Å². The summed E-state index contributed by atoms with van der Waals surface area (Å²) in [6.45, 7) is 0. The largest absolute Gasteiger partial charge is 0.383 e. The fraction of sp³-hybridized carbons (Fsp3) is 0.286. The van der Waals surface area contributed by atoms with E-state index in [0.717, 1.165) is 6.26 Å². The number of nitrogen functional groups attached to an aromatic ring is 1. The van der Waals surface area contributed by atoms with Crippen molar-refractivity contribution in [2.75, 3.05) is 12.0 Å². The quantitative estimate of drug-likeness (QED) is 0.663. The lowest BCUT2D eigenvalue weighted by molar-refractivity contribution is 0.593. The van der Waals surface area contributed by atoms with Crippen LogP contribution in [0.4, 0.5) is 5.82 Å². The van der Waals surface area contributed by atoms with Gasteiger partial charge in [-0.3, -0.25) is 0 Å². The van der Waals surface area contributed by atoms with E-state index in [-0.39, 0.29) is 17.4 Å². The predicted octanol–water partition coefficient (Wildman–Crippen LogP) is -0.472. The molecule has 0 saturated heterocycles. The average molecular weight is 212 g/mol. The molecule has 74 valence electrons. The van der Waals surface area contributed by atoms with Crippen molar-refractivity contribution in [2.24, 2.45) is 0 Å². The first-order valence-corrected chi connectivity index (χ1v) is 5.52. The number of anilines is 1. The van der Waals surface area contributed by atoms with Gasteiger partial charge < -0.3 is 5.73 Å². The number of aromatic nitrogens is 2. The second-order valence-corrected chi connectivity index (χ2v) is 4.58. The molecular weight excluding hydrogens is 204 g/mol. The van der Waals surface area contributed by atoms with Crippen LogP contribution in [-0.2, 0) is 16.3 Å². The van der Waals surface area contributed by atoms with Gasteiger partial charge in [-0.2, -0.15) is 5.26 Å². The Hall–Kier alpha value is -1.68. The molecule has 0 aliphatic carbocycles. The van der Waals surface area contributed by atoms with Gasteiger partial charge in [0.25, 0.3) is 0 Å². The van der Waals surface area contributed by atoms with Gasteiger partial charge in [-0.25, -0.2) is 18.4 Å². The standard InChI is InChI=1S/C7H8N4O2S/c1-14(12,13)7-10-4-5(2-3-8)6(9)11-7/h4H,2H2,1H3,(H2,9,10,11). The van der Waals surface area contributed by atoms with E-state index in [0.29, 0.717) is 5.56 Å². The lowest BCUT2D eigenvalue weighted by atomic mass is 10.2. The minimum absolute atomic E-state index is 0.0296. The summed E-state index contributed by atoms with van der Waals surface area (Å²) in [6.07, 6.45) is 2.31. The van der Waals surface area contributed by atoms with Gasteiger partial charge in [-0.05, 0) is 0 Å². The lowest BCUT2D eigenvalue weighted by Crippen LogP contribution is -2.08. The maximum atomic E-state index is 11.0. The third-order valence-electron chi connectivity index (χ3n) is 1.48. The van der Waals surface area contributed by atoms with E-state index in [2.05, 4.69) is 9.97 Å². The van der Waals surface area contributed by atoms with Crippen LogP contribution < -0.4 is 5.73 Å². The molecule has 7 heteroatoms. The number of nitriles is 1. The summed E-state index contributed by atoms with van der Waals surface area (Å²) in [7, 11) is -3.44. The molecule has 2 N–H and O–H groups in total. The Morgan fingerprint density at radius 3 is 2.71 bits per heavy atom. The van der Waals surface area contributed by atoms with Gasteiger partial charge in [0.15, 0.2) is 0 Å². The zero-order valence-electron chi connectivity index (χ0n) is 7.43. The molecule has 1 aromatic heterocycles. The molecule has 0 aromatic carbocycles. The van der Waals surface area contributed by atoms with Gasteiger partial charge >= 0.3 is 0 Å². The normalized spacial score (nSPS) is 10.9. The molecule has 1 rings (SSSR count). The van der Waals surface area contributed by atoms with Crippen molar-refractivity contribution in [3.63, 3.8) is 0 Å². The molecule has 0 atom stereocenters. The highest BCUT2D eigenvalue weighted by molar-refractivity contribution is 7.90. The monoisotopic (exact) mass is 212 g/mol. The lowest BCUT2D eigenvalue weighted by Gasteiger charge is -2.01. The van der Waals surface area contributed by atoms with E-state index in [1.165, 1.54) is 6.20 Å². The highest BCUT2D eigenvalue weighted by atomic mass is 32.2. The minimum atomic E-state index is -3.44. The first-order valence-electron chi connectivity index (χ1n) is 3.63. The molecule has 0 radical (unpaired) electrons. The molecule has 1 heterocycles. The first kappa shape index (κ1) is 10.4. The Bertz CT molecular complexity index is 489. The van der Waals surface area contributed by atoms with Crippen LogP contribution in [0.2, 0.25) is 0 Å². The van der Waals surface area contributed by atoms with Crippen LogP contribution in [0.1, 0.15) is 5.56 Å². The second kappa shape index (κ2) is 3.59. The van der Waals surface area contributed by atoms with Crippen LogP contribution in [0.25, 0.3) is 0 Å². The van der Waals surface area contributed by atoms with Gasteiger partial charge in [-0.1, -0.05) is 0 Å². The van der Waals surface area contributed by atoms with Crippen molar-refractivity contribution in [2.45, 2.75) is 11.6 Å². The highest BCUT2D eigenvalue weighted by Gasteiger charge is 2.12. The molecule has 0 fully saturated rings. The van der Waals surface area contributed by atoms with Crippen molar-refractivity contribution < 1.29 is 8.42 Å². The Kier molecular flexibility index (Phi) is 2.67. The number of nitrogens with zero attached hydrogens (tertiary/aromatic N) is 3. The zero-order chi connectivity index (χ0) is 10.8. The van der Waals surface area contributed by atoms with Crippen molar-refractivity contribution in [3.8, 4) is 6.07 Å². The van der Waals surface area contributed by atoms with Gasteiger partial charge in [0, 0.05) is 18.0 Å². The molecule has 0 aliphatic rings. The third-order valence-corrected chi connectivity index (χ3v) is 2.34. The summed E-state index contributed by atoms with van der Waals surface area (Å²) >= 11 is 0. The number of rotatable bonds is 2. The van der Waals surface area contributed by atoms with Crippen LogP contribution in [0.15, 0.2) is 11.4 Å². The Morgan fingerprint density at radius 2 is 2.29 bits per heavy atom. The van der Waals surface area contributed by atoms with Crippen LogP contribution >= 0.6 is 0 Å². The molecular formula is C7H8N4O2S. The van der Waals surface area contributed by atoms with Gasteiger partial charge in [0.05, 0.1) is 12.5 Å². The van der Waals surface area contributed by atoms with Crippen molar-refractivity contribution in [3.05, 3.63) is 11.8 Å². The maximum absolute atomic E-state index is 11.0. The number of hydrogen-bond donors (Lipinski definition) is 1. The summed E-state index contributed by atoms with van der Waals surface area (Å²) in [5.41, 5.74) is 5.87. The van der Waals surface area contributed by atoms with Crippen LogP contribution in [-0.4, -0.2) is 24.6 Å². The number of sulfone groups is 1. The molecule has 1 aromatic rings. The summed E-state index contributed by atoms with van der Waals surface area (Å²) in [5.74, 6) is 0.0296. The van der Waals surface area contributed by atoms with Gasteiger partial charge in [0.1, 0.15) is 5.82 Å². The van der Waals surface area contributed by atoms with Crippen molar-refractivity contribution in [1.82, 2.24) is 9.97 Å². The fourth-order valence-corrected chi connectivity index (χ4v) is 1.31. The molecule has 6 nitrogen and oxygen atoms in total. The SMILES string of the molecule is CS(=O)(=O)c1ncc(CC#N)c(N)n1. The molecule has 0 amide bonds. The number of nitrogens with two attached hydrogens (primary N) is 1. The Morgan fingerprint density at radius 1 is 1.64 bits per heavy atom. The molecule has 0 bridgehead atoms. The molecule has 0 spiro atoms. The van der Waals surface area contributed by atoms with Crippen molar-refractivity contribution >= 4 is 15.7 Å². The second-order valence-electron chi connectivity index (χ2n) is 2.67. The van der Waals surface area contributed by atoms with Crippen LogP contribution in [0, 0.1) is 11.3 Å². The summed E-state index contributed by atoms with van der Waals surface area (Å²) < 4.78 is 22.0. The minimum Gasteiger partial charge on any atom is -0.383 e. The van der Waals surface area contributed by atoms with E-state index >= 15 is 0 Å². The highest BCUT2D eigenvalue weighted by Crippen LogP contribution is 2.10. The van der Waals surface area contributed by atoms with E-state index in [4.69, 9.17) is 11.0 Å². The summed E-state index contributed by atoms with van der Waals surface area (Å²) in [6, 6.07) is 1.87. The van der Waals surface area contributed by atoms with Gasteiger partial charge in [0.2, 0.25) is 15.0 Å². The zero-order valence-corrected chi connectivity index (χ0v) is 8.24. The van der Waals surface area contributed by atoms with E-state index in [1.807, 2.05) is 6.07 Å². The fourth-order valence-electron chi connectivity index (χ4n) is 0.803. The summed E-state index contributed by atoms with van der Waals surface area (Å²) in [4.78, 5) is 7.19. The van der Waals surface area contributed by atoms with E-state index < -0.39 is 9.84 Å². The van der Waals surface area contributed by atoms with Crippen LogP contribution in [0.3, 0.4) is 0 Å². The Balaban J connectivity index is 3.21. The third kappa shape index (κ3) is 2.17. The summed E-state index contributed by atoms with van der Waals surface area (Å²) in [5, 5.41) is 8.07. The van der Waals surface area contributed by atoms with Gasteiger partial charge in [-0.15, -0.1) is 0 Å². The molecule has 0 aliphatic heterocycles. The molecule has 0 unspecified atom stereocenters. The molecule has 0 saturated carbocycles. The smallest absolute Gasteiger partial charge is 0.248 e. The maximum Gasteiger partial charge on any atom is 0.248 e. The predicted molar refractivity (Wildman–Crippen MR) is 48.9 cm³/mol. The van der Waals surface area contributed by atoms with E-state index in [1.54, 1.807) is 0 Å². The van der Waals surface area contributed by atoms with Crippen LogP contribution in [0.5, 0.6) is 0 Å². The van der Waals surface area contributed by atoms with Crippen molar-refractivity contribution in [1.29, 1.82) is 5.26 Å². The van der Waals surface area contributed by atoms with E-state index in [9.17, 15) is 8.42 Å². The Labute approximate surface area is 81.3 Å². The first-order chi connectivity index (χ1) is 6.45. The average Bonchev–Trinajstić information content (AvgIpc) is 2.07. The molecule has 14 heavy (non-hydrogen) atoms. The number of hydrogen-bond acceptors (Lipinski definition) is 6.